The molecule has 0 unspecified atom stereocenters. The second-order valence-electron chi connectivity index (χ2n) is 12.8. The van der Waals surface area contributed by atoms with E-state index < -0.39 is 30.3 Å². The van der Waals surface area contributed by atoms with Crippen molar-refractivity contribution in [3.05, 3.63) is 78.1 Å². The first-order chi connectivity index (χ1) is 22.8. The summed E-state index contributed by atoms with van der Waals surface area (Å²) in [6.07, 6.45) is 1.42. The Bertz CT molecular complexity index is 1680. The third kappa shape index (κ3) is 6.45. The molecule has 2 aromatic heterocycles. The number of carbonyl (C=O) groups excluding carboxylic acids is 2. The molecule has 4 heterocycles. The van der Waals surface area contributed by atoms with E-state index in [9.17, 15) is 9.59 Å². The van der Waals surface area contributed by atoms with Gasteiger partial charge in [-0.3, -0.25) is 14.2 Å². The maximum Gasteiger partial charge on any atom is 0.252 e. The number of ether oxygens (including phenoxy) is 3. The number of rotatable bonds is 10. The third-order valence-corrected chi connectivity index (χ3v) is 9.09. The van der Waals surface area contributed by atoms with Crippen molar-refractivity contribution in [3.8, 4) is 0 Å². The summed E-state index contributed by atoms with van der Waals surface area (Å²) in [6.45, 7) is 6.55. The number of ketones is 1. The second-order valence-corrected chi connectivity index (χ2v) is 12.8. The highest BCUT2D eigenvalue weighted by atomic mass is 16.8. The molecule has 47 heavy (non-hydrogen) atoms. The molecule has 1 saturated carbocycles. The highest BCUT2D eigenvalue weighted by Gasteiger charge is 2.58. The number of hydrogen-bond acceptors (Lipinski definition) is 10. The number of fused-ring (bicyclic) bond motifs is 2. The lowest BCUT2D eigenvalue weighted by molar-refractivity contribution is -0.197. The van der Waals surface area contributed by atoms with Crippen LogP contribution in [0.4, 0.5) is 11.8 Å². The summed E-state index contributed by atoms with van der Waals surface area (Å²) < 4.78 is 20.7. The van der Waals surface area contributed by atoms with Gasteiger partial charge in [0, 0.05) is 37.9 Å². The number of likely N-dealkylation sites (N-methyl/N-ethyl adjacent to an activating group) is 1. The fourth-order valence-corrected chi connectivity index (χ4v) is 6.84. The van der Waals surface area contributed by atoms with E-state index in [-0.39, 0.29) is 23.7 Å². The van der Waals surface area contributed by atoms with Crippen molar-refractivity contribution >= 4 is 34.6 Å². The Morgan fingerprint density at radius 3 is 2.30 bits per heavy atom. The summed E-state index contributed by atoms with van der Waals surface area (Å²) in [4.78, 5) is 39.6. The minimum Gasteiger partial charge on any atom is -0.367 e. The third-order valence-electron chi connectivity index (χ3n) is 9.09. The van der Waals surface area contributed by atoms with E-state index in [0.717, 1.165) is 12.8 Å². The number of aromatic nitrogens is 4. The maximum absolute atomic E-state index is 13.0. The number of amides is 1. The standard InChI is InChI=1S/C35H41N7O5/c1-4-36-32(44)28-27-29(47-35(2,3)46-27)33(45-28)42-20-38-26-30(40-34(41-31(26)42)39-23-15-17-24(43)18-16-23)37-19-25(21-11-7-5-8-12-21)22-13-9-6-10-14-22/h5-14,20,23,25,27-29,33H,4,15-19H2,1-3H3,(H,36,44)(H2,37,39,40,41)/t27-,28+,29-,33-/m1/s1. The van der Waals surface area contributed by atoms with Gasteiger partial charge in [-0.05, 0) is 44.7 Å². The lowest BCUT2D eigenvalue weighted by atomic mass is 9.91. The molecular weight excluding hydrogens is 598 g/mol. The van der Waals surface area contributed by atoms with Crippen LogP contribution >= 0.6 is 0 Å². The zero-order valence-corrected chi connectivity index (χ0v) is 26.9. The van der Waals surface area contributed by atoms with Gasteiger partial charge in [-0.1, -0.05) is 60.7 Å². The van der Waals surface area contributed by atoms with E-state index in [0.29, 0.717) is 48.9 Å². The summed E-state index contributed by atoms with van der Waals surface area (Å²) in [6, 6.07) is 20.8. The van der Waals surface area contributed by atoms with Crippen LogP contribution in [0.3, 0.4) is 0 Å². The molecule has 0 spiro atoms. The number of benzene rings is 2. The molecule has 3 fully saturated rings. The van der Waals surface area contributed by atoms with Crippen LogP contribution in [0.1, 0.15) is 69.7 Å². The number of carbonyl (C=O) groups is 2. The van der Waals surface area contributed by atoms with Gasteiger partial charge in [-0.25, -0.2) is 4.98 Å². The van der Waals surface area contributed by atoms with Crippen LogP contribution in [0, 0.1) is 0 Å². The van der Waals surface area contributed by atoms with Gasteiger partial charge >= 0.3 is 0 Å². The molecular formula is C35H41N7O5. The summed E-state index contributed by atoms with van der Waals surface area (Å²) in [5, 5.41) is 9.93. The molecule has 0 bridgehead atoms. The fourth-order valence-electron chi connectivity index (χ4n) is 6.84. The smallest absolute Gasteiger partial charge is 0.252 e. The Labute approximate surface area is 273 Å². The van der Waals surface area contributed by atoms with Crippen molar-refractivity contribution in [1.29, 1.82) is 0 Å². The van der Waals surface area contributed by atoms with Crippen molar-refractivity contribution in [2.75, 3.05) is 23.7 Å². The van der Waals surface area contributed by atoms with E-state index in [2.05, 4.69) is 40.2 Å². The number of hydrogen-bond donors (Lipinski definition) is 3. The molecule has 4 aromatic rings. The molecule has 1 aliphatic carbocycles. The Hall–Kier alpha value is -4.39. The van der Waals surface area contributed by atoms with Gasteiger partial charge in [-0.2, -0.15) is 9.97 Å². The van der Waals surface area contributed by atoms with Gasteiger partial charge in [-0.15, -0.1) is 0 Å². The number of imidazole rings is 1. The Morgan fingerprint density at radius 1 is 0.979 bits per heavy atom. The van der Waals surface area contributed by atoms with Gasteiger partial charge in [0.15, 0.2) is 35.1 Å². The Morgan fingerprint density at radius 2 is 1.64 bits per heavy atom. The lowest BCUT2D eigenvalue weighted by Crippen LogP contribution is -2.42. The predicted molar refractivity (Wildman–Crippen MR) is 176 cm³/mol. The summed E-state index contributed by atoms with van der Waals surface area (Å²) in [5.41, 5.74) is 3.44. The first-order valence-electron chi connectivity index (χ1n) is 16.4. The van der Waals surface area contributed by atoms with E-state index in [4.69, 9.17) is 29.2 Å². The second kappa shape index (κ2) is 13.0. The van der Waals surface area contributed by atoms with Gasteiger partial charge in [0.25, 0.3) is 5.91 Å². The highest BCUT2D eigenvalue weighted by Crippen LogP contribution is 2.44. The zero-order valence-electron chi connectivity index (χ0n) is 26.9. The van der Waals surface area contributed by atoms with E-state index in [1.807, 2.05) is 61.7 Å². The van der Waals surface area contributed by atoms with Gasteiger partial charge in [0.05, 0.1) is 6.33 Å². The average Bonchev–Trinajstić information content (AvgIpc) is 3.74. The fraction of sp³-hybridized carbons (Fsp3) is 0.457. The molecule has 7 rings (SSSR count). The van der Waals surface area contributed by atoms with Gasteiger partial charge in [0.1, 0.15) is 18.0 Å². The van der Waals surface area contributed by atoms with E-state index >= 15 is 0 Å². The predicted octanol–water partition coefficient (Wildman–Crippen LogP) is 4.55. The molecule has 4 atom stereocenters. The van der Waals surface area contributed by atoms with Gasteiger partial charge < -0.3 is 30.2 Å². The molecule has 3 N–H and O–H groups in total. The molecule has 246 valence electrons. The van der Waals surface area contributed by atoms with Crippen LogP contribution in [-0.4, -0.2) is 74.4 Å². The number of anilines is 2. The Kier molecular flexibility index (Phi) is 8.65. The van der Waals surface area contributed by atoms with Crippen LogP contribution in [0.25, 0.3) is 11.2 Å². The Balaban J connectivity index is 1.25. The lowest BCUT2D eigenvalue weighted by Gasteiger charge is -2.25. The molecule has 12 nitrogen and oxygen atoms in total. The molecule has 2 aliphatic heterocycles. The molecule has 12 heteroatoms. The molecule has 0 radical (unpaired) electrons. The van der Waals surface area contributed by atoms with Crippen molar-refractivity contribution in [2.45, 2.75) is 88.7 Å². The first-order valence-corrected chi connectivity index (χ1v) is 16.4. The largest absolute Gasteiger partial charge is 0.367 e. The van der Waals surface area contributed by atoms with Crippen molar-refractivity contribution in [2.24, 2.45) is 0 Å². The van der Waals surface area contributed by atoms with Gasteiger partial charge in [0.2, 0.25) is 5.95 Å². The molecule has 2 saturated heterocycles. The summed E-state index contributed by atoms with van der Waals surface area (Å²) in [5.74, 6) is 0.177. The van der Waals surface area contributed by atoms with Crippen LogP contribution in [0.2, 0.25) is 0 Å². The summed E-state index contributed by atoms with van der Waals surface area (Å²) in [7, 11) is 0. The van der Waals surface area contributed by atoms with Crippen molar-refractivity contribution in [1.82, 2.24) is 24.8 Å². The number of nitrogens with zero attached hydrogens (tertiary/aromatic N) is 4. The summed E-state index contributed by atoms with van der Waals surface area (Å²) >= 11 is 0. The highest BCUT2D eigenvalue weighted by molar-refractivity contribution is 5.85. The SMILES string of the molecule is CCNC(=O)[C@H]1O[C@@H](n2cnc3c(NCC(c4ccccc4)c4ccccc4)nc(NC4CCC(=O)CC4)nc32)[C@@H]2OC(C)(C)O[C@@H]21. The quantitative estimate of drug-likeness (QED) is 0.226. The molecule has 3 aliphatic rings. The zero-order chi connectivity index (χ0) is 32.5. The average molecular weight is 640 g/mol. The van der Waals surface area contributed by atoms with E-state index in [1.165, 1.54) is 11.1 Å². The number of nitrogens with one attached hydrogen (secondary N) is 3. The number of Topliss-reactive ketones (excluding diaryl/α,β-unsaturated/α-hetero) is 1. The molecule has 2 aromatic carbocycles. The minimum absolute atomic E-state index is 0.0493. The van der Waals surface area contributed by atoms with Crippen molar-refractivity contribution < 1.29 is 23.8 Å². The maximum atomic E-state index is 13.0. The van der Waals surface area contributed by atoms with Crippen LogP contribution in [-0.2, 0) is 23.8 Å². The monoisotopic (exact) mass is 639 g/mol. The molecule has 1 amide bonds. The van der Waals surface area contributed by atoms with Crippen LogP contribution < -0.4 is 16.0 Å². The van der Waals surface area contributed by atoms with Crippen LogP contribution in [0.5, 0.6) is 0 Å². The normalized spacial score (nSPS) is 24.0. The topological polar surface area (TPSA) is 142 Å². The van der Waals surface area contributed by atoms with Crippen LogP contribution in [0.15, 0.2) is 67.0 Å². The van der Waals surface area contributed by atoms with Crippen molar-refractivity contribution in [3.63, 3.8) is 0 Å². The minimum atomic E-state index is -0.894. The first kappa shape index (κ1) is 31.2. The van der Waals surface area contributed by atoms with E-state index in [1.54, 1.807) is 6.33 Å².